The molecule has 1 aliphatic carbocycles. The lowest BCUT2D eigenvalue weighted by Gasteiger charge is -2.19. The first-order valence-electron chi connectivity index (χ1n) is 7.92. The number of rotatable bonds is 5. The minimum Gasteiger partial charge on any atom is -0.373 e. The van der Waals surface area contributed by atoms with Crippen LogP contribution >= 0.6 is 0 Å². The van der Waals surface area contributed by atoms with Crippen LogP contribution in [0.3, 0.4) is 0 Å². The van der Waals surface area contributed by atoms with Crippen molar-refractivity contribution in [3.05, 3.63) is 35.9 Å². The molecule has 2 aliphatic rings. The topological polar surface area (TPSA) is 50.4 Å². The Hall–Kier alpha value is -1.55. The normalized spacial score (nSPS) is 30.9. The standard InChI is InChI=1S/C17H24N2O2/c1-12-9-15(12)11-19-17(20)18-10-14-7-8-21-16(14)13-5-3-2-4-6-13/h2-6,12,14-16H,7-11H2,1H3,(H2,18,19,20)/t12-,14+,15-,16+/m0/s1. The molecular formula is C17H24N2O2. The maximum Gasteiger partial charge on any atom is 0.314 e. The van der Waals surface area contributed by atoms with Crippen molar-refractivity contribution in [1.82, 2.24) is 10.6 Å². The Morgan fingerprint density at radius 2 is 1.86 bits per heavy atom. The summed E-state index contributed by atoms with van der Waals surface area (Å²) >= 11 is 0. The summed E-state index contributed by atoms with van der Waals surface area (Å²) in [7, 11) is 0. The Morgan fingerprint density at radius 1 is 1.19 bits per heavy atom. The van der Waals surface area contributed by atoms with Gasteiger partial charge in [-0.25, -0.2) is 4.79 Å². The van der Waals surface area contributed by atoms with E-state index < -0.39 is 0 Å². The Balaban J connectivity index is 1.44. The highest BCUT2D eigenvalue weighted by Crippen LogP contribution is 2.36. The van der Waals surface area contributed by atoms with E-state index in [1.165, 1.54) is 12.0 Å². The van der Waals surface area contributed by atoms with E-state index in [0.29, 0.717) is 18.4 Å². The lowest BCUT2D eigenvalue weighted by Crippen LogP contribution is -2.39. The van der Waals surface area contributed by atoms with Crippen LogP contribution in [0.1, 0.15) is 31.4 Å². The van der Waals surface area contributed by atoms with E-state index in [1.54, 1.807) is 0 Å². The van der Waals surface area contributed by atoms with E-state index in [4.69, 9.17) is 4.74 Å². The van der Waals surface area contributed by atoms with Gasteiger partial charge in [0.05, 0.1) is 6.10 Å². The first-order chi connectivity index (χ1) is 10.2. The predicted molar refractivity (Wildman–Crippen MR) is 81.9 cm³/mol. The molecule has 4 nitrogen and oxygen atoms in total. The fourth-order valence-corrected chi connectivity index (χ4v) is 3.05. The molecule has 4 heteroatoms. The number of nitrogens with one attached hydrogen (secondary N) is 2. The van der Waals surface area contributed by atoms with Crippen molar-refractivity contribution < 1.29 is 9.53 Å². The summed E-state index contributed by atoms with van der Waals surface area (Å²) in [5.41, 5.74) is 1.20. The Bertz CT molecular complexity index is 477. The summed E-state index contributed by atoms with van der Waals surface area (Å²) < 4.78 is 5.83. The molecule has 0 bridgehead atoms. The van der Waals surface area contributed by atoms with E-state index >= 15 is 0 Å². The van der Waals surface area contributed by atoms with Crippen LogP contribution in [-0.2, 0) is 4.74 Å². The fraction of sp³-hybridized carbons (Fsp3) is 0.588. The van der Waals surface area contributed by atoms with Crippen molar-refractivity contribution >= 4 is 6.03 Å². The van der Waals surface area contributed by atoms with Gasteiger partial charge >= 0.3 is 6.03 Å². The van der Waals surface area contributed by atoms with Crippen molar-refractivity contribution in [2.45, 2.75) is 25.9 Å². The summed E-state index contributed by atoms with van der Waals surface area (Å²) in [6.07, 6.45) is 2.35. The summed E-state index contributed by atoms with van der Waals surface area (Å²) in [5, 5.41) is 5.95. The molecule has 4 atom stereocenters. The monoisotopic (exact) mass is 288 g/mol. The van der Waals surface area contributed by atoms with Gasteiger partial charge in [-0.15, -0.1) is 0 Å². The molecule has 0 aromatic heterocycles. The summed E-state index contributed by atoms with van der Waals surface area (Å²) in [6.45, 7) is 4.47. The molecule has 1 aromatic carbocycles. The highest BCUT2D eigenvalue weighted by molar-refractivity contribution is 5.73. The number of carbonyl (C=O) groups is 1. The quantitative estimate of drug-likeness (QED) is 0.875. The van der Waals surface area contributed by atoms with E-state index in [0.717, 1.165) is 25.5 Å². The molecule has 0 radical (unpaired) electrons. The van der Waals surface area contributed by atoms with Crippen molar-refractivity contribution in [2.75, 3.05) is 19.7 Å². The number of hydrogen-bond acceptors (Lipinski definition) is 2. The summed E-state index contributed by atoms with van der Waals surface area (Å²) in [4.78, 5) is 11.8. The zero-order valence-electron chi connectivity index (χ0n) is 12.5. The molecule has 2 N–H and O–H groups in total. The molecule has 3 rings (SSSR count). The second-order valence-corrected chi connectivity index (χ2v) is 6.31. The third-order valence-corrected chi connectivity index (χ3v) is 4.67. The Kier molecular flexibility index (Phi) is 4.44. The van der Waals surface area contributed by atoms with Crippen molar-refractivity contribution in [3.8, 4) is 0 Å². The summed E-state index contributed by atoms with van der Waals surface area (Å²) in [5.74, 6) is 1.82. The zero-order chi connectivity index (χ0) is 14.7. The Labute approximate surface area is 126 Å². The largest absolute Gasteiger partial charge is 0.373 e. The molecule has 0 spiro atoms. The van der Waals surface area contributed by atoms with Gasteiger partial charge in [-0.05, 0) is 30.2 Å². The molecule has 2 fully saturated rings. The van der Waals surface area contributed by atoms with Crippen molar-refractivity contribution in [3.63, 3.8) is 0 Å². The van der Waals surface area contributed by atoms with Crippen LogP contribution in [0.5, 0.6) is 0 Å². The number of benzene rings is 1. The van der Waals surface area contributed by atoms with Crippen LogP contribution in [-0.4, -0.2) is 25.7 Å². The van der Waals surface area contributed by atoms with Gasteiger partial charge in [-0.2, -0.15) is 0 Å². The lowest BCUT2D eigenvalue weighted by atomic mass is 9.95. The van der Waals surface area contributed by atoms with Gasteiger partial charge < -0.3 is 15.4 Å². The maximum atomic E-state index is 11.8. The van der Waals surface area contributed by atoms with Gasteiger partial charge in [-0.1, -0.05) is 37.3 Å². The maximum absolute atomic E-state index is 11.8. The van der Waals surface area contributed by atoms with Gasteiger partial charge in [0.1, 0.15) is 0 Å². The molecule has 1 heterocycles. The molecule has 1 aromatic rings. The molecule has 1 aliphatic heterocycles. The van der Waals surface area contributed by atoms with E-state index in [9.17, 15) is 4.79 Å². The predicted octanol–water partition coefficient (Wildman–Crippen LogP) is 2.72. The molecule has 1 saturated carbocycles. The molecular weight excluding hydrogens is 264 g/mol. The molecule has 21 heavy (non-hydrogen) atoms. The van der Waals surface area contributed by atoms with E-state index in [-0.39, 0.29) is 12.1 Å². The van der Waals surface area contributed by atoms with Crippen LogP contribution in [0.4, 0.5) is 4.79 Å². The van der Waals surface area contributed by atoms with Gasteiger partial charge in [-0.3, -0.25) is 0 Å². The number of urea groups is 1. The highest BCUT2D eigenvalue weighted by atomic mass is 16.5. The number of carbonyl (C=O) groups excluding carboxylic acids is 1. The molecule has 0 unspecified atom stereocenters. The minimum absolute atomic E-state index is 0.0483. The van der Waals surface area contributed by atoms with Gasteiger partial charge in [0.15, 0.2) is 0 Å². The number of amides is 2. The van der Waals surface area contributed by atoms with E-state index in [2.05, 4.69) is 29.7 Å². The summed E-state index contributed by atoms with van der Waals surface area (Å²) in [6, 6.07) is 10.2. The van der Waals surface area contributed by atoms with Gasteiger partial charge in [0, 0.05) is 25.6 Å². The third-order valence-electron chi connectivity index (χ3n) is 4.67. The molecule has 2 amide bonds. The minimum atomic E-state index is -0.0483. The van der Waals surface area contributed by atoms with E-state index in [1.807, 2.05) is 18.2 Å². The zero-order valence-corrected chi connectivity index (χ0v) is 12.5. The lowest BCUT2D eigenvalue weighted by molar-refractivity contribution is 0.0910. The van der Waals surface area contributed by atoms with Gasteiger partial charge in [0.25, 0.3) is 0 Å². The second-order valence-electron chi connectivity index (χ2n) is 6.31. The Morgan fingerprint density at radius 3 is 2.52 bits per heavy atom. The van der Waals surface area contributed by atoms with Crippen LogP contribution in [0.15, 0.2) is 30.3 Å². The van der Waals surface area contributed by atoms with Gasteiger partial charge in [0.2, 0.25) is 0 Å². The average Bonchev–Trinajstić information content (AvgIpc) is 3.02. The molecule has 114 valence electrons. The first kappa shape index (κ1) is 14.4. The van der Waals surface area contributed by atoms with Crippen LogP contribution in [0, 0.1) is 17.8 Å². The van der Waals surface area contributed by atoms with Crippen molar-refractivity contribution in [1.29, 1.82) is 0 Å². The van der Waals surface area contributed by atoms with Crippen molar-refractivity contribution in [2.24, 2.45) is 17.8 Å². The first-order valence-corrected chi connectivity index (χ1v) is 7.92. The number of hydrogen-bond donors (Lipinski definition) is 2. The number of ether oxygens (including phenoxy) is 1. The molecule has 1 saturated heterocycles. The highest BCUT2D eigenvalue weighted by Gasteiger charge is 2.33. The SMILES string of the molecule is C[C@H]1C[C@H]1CNC(=O)NC[C@H]1CCO[C@@H]1c1ccccc1. The average molecular weight is 288 g/mol. The smallest absolute Gasteiger partial charge is 0.314 e. The van der Waals surface area contributed by atoms with Crippen LogP contribution in [0.2, 0.25) is 0 Å². The van der Waals surface area contributed by atoms with Crippen LogP contribution in [0.25, 0.3) is 0 Å². The second kappa shape index (κ2) is 6.48. The third kappa shape index (κ3) is 3.76. The fourth-order valence-electron chi connectivity index (χ4n) is 3.05. The van der Waals surface area contributed by atoms with Crippen LogP contribution < -0.4 is 10.6 Å².